The van der Waals surface area contributed by atoms with Crippen LogP contribution in [-0.4, -0.2) is 18.5 Å². The number of hydrogen-bond donors (Lipinski definition) is 0. The highest BCUT2D eigenvalue weighted by Gasteiger charge is 2.08. The standard InChI is InChI=1S/C14H16Cl2O4/c1-2-19-13(17)4-3-5-14(18)20-9-10-8-11(15)6-7-12(10)16/h6-8H,2-5,9H2,1H3. The third-order valence-electron chi connectivity index (χ3n) is 2.46. The molecule has 6 heteroatoms. The summed E-state index contributed by atoms with van der Waals surface area (Å²) < 4.78 is 9.83. The number of hydrogen-bond acceptors (Lipinski definition) is 4. The van der Waals surface area contributed by atoms with Gasteiger partial charge < -0.3 is 9.47 Å². The lowest BCUT2D eigenvalue weighted by atomic mass is 10.2. The number of esters is 2. The Hall–Kier alpha value is -1.26. The maximum absolute atomic E-state index is 11.5. The lowest BCUT2D eigenvalue weighted by Gasteiger charge is -2.07. The lowest BCUT2D eigenvalue weighted by molar-refractivity contribution is -0.146. The summed E-state index contributed by atoms with van der Waals surface area (Å²) in [6.45, 7) is 2.15. The molecule has 0 saturated carbocycles. The summed E-state index contributed by atoms with van der Waals surface area (Å²) in [5.41, 5.74) is 0.651. The van der Waals surface area contributed by atoms with E-state index in [4.69, 9.17) is 32.7 Å². The number of carbonyl (C=O) groups is 2. The number of carbonyl (C=O) groups excluding carboxylic acids is 2. The summed E-state index contributed by atoms with van der Waals surface area (Å²) in [6.07, 6.45) is 0.777. The molecule has 0 atom stereocenters. The molecule has 0 aliphatic rings. The van der Waals surface area contributed by atoms with Gasteiger partial charge in [-0.2, -0.15) is 0 Å². The molecule has 0 saturated heterocycles. The SMILES string of the molecule is CCOC(=O)CCCC(=O)OCc1cc(Cl)ccc1Cl. The summed E-state index contributed by atoms with van der Waals surface area (Å²) in [4.78, 5) is 22.6. The molecule has 0 fully saturated rings. The van der Waals surface area contributed by atoms with Gasteiger partial charge in [0, 0.05) is 28.5 Å². The Morgan fingerprint density at radius 3 is 2.40 bits per heavy atom. The molecule has 0 aliphatic heterocycles. The van der Waals surface area contributed by atoms with Crippen LogP contribution < -0.4 is 0 Å². The molecule has 0 unspecified atom stereocenters. The van der Waals surface area contributed by atoms with Crippen LogP contribution in [0.3, 0.4) is 0 Å². The highest BCUT2D eigenvalue weighted by molar-refractivity contribution is 6.33. The van der Waals surface area contributed by atoms with Gasteiger partial charge in [0.25, 0.3) is 0 Å². The van der Waals surface area contributed by atoms with Gasteiger partial charge in [-0.05, 0) is 31.5 Å². The molecule has 0 N–H and O–H groups in total. The van der Waals surface area contributed by atoms with E-state index >= 15 is 0 Å². The summed E-state index contributed by atoms with van der Waals surface area (Å²) >= 11 is 11.8. The number of ether oxygens (including phenoxy) is 2. The molecular formula is C14H16Cl2O4. The van der Waals surface area contributed by atoms with Crippen molar-refractivity contribution in [2.75, 3.05) is 6.61 Å². The van der Waals surface area contributed by atoms with Gasteiger partial charge in [-0.15, -0.1) is 0 Å². The van der Waals surface area contributed by atoms with Crippen LogP contribution in [0.4, 0.5) is 0 Å². The van der Waals surface area contributed by atoms with Crippen LogP contribution in [-0.2, 0) is 25.7 Å². The molecule has 1 rings (SSSR count). The van der Waals surface area contributed by atoms with Crippen molar-refractivity contribution in [2.24, 2.45) is 0 Å². The molecule has 0 amide bonds. The lowest BCUT2D eigenvalue weighted by Crippen LogP contribution is -2.08. The first-order chi connectivity index (χ1) is 9.52. The van der Waals surface area contributed by atoms with Crippen LogP contribution in [0.2, 0.25) is 10.0 Å². The predicted octanol–water partition coefficient (Wildman–Crippen LogP) is 3.77. The molecule has 0 bridgehead atoms. The summed E-state index contributed by atoms with van der Waals surface area (Å²) in [5.74, 6) is -0.691. The van der Waals surface area contributed by atoms with Gasteiger partial charge in [-0.1, -0.05) is 23.2 Å². The van der Waals surface area contributed by atoms with E-state index in [1.165, 1.54) is 0 Å². The third-order valence-corrected chi connectivity index (χ3v) is 3.07. The van der Waals surface area contributed by atoms with Crippen molar-refractivity contribution in [3.63, 3.8) is 0 Å². The van der Waals surface area contributed by atoms with Crippen LogP contribution in [0, 0.1) is 0 Å². The van der Waals surface area contributed by atoms with Gasteiger partial charge in [0.2, 0.25) is 0 Å². The van der Waals surface area contributed by atoms with Crippen molar-refractivity contribution in [1.82, 2.24) is 0 Å². The van der Waals surface area contributed by atoms with E-state index in [2.05, 4.69) is 0 Å². The zero-order chi connectivity index (χ0) is 15.0. The topological polar surface area (TPSA) is 52.6 Å². The fourth-order valence-corrected chi connectivity index (χ4v) is 1.86. The second-order valence-electron chi connectivity index (χ2n) is 4.05. The number of rotatable bonds is 7. The number of halogens is 2. The van der Waals surface area contributed by atoms with E-state index in [0.29, 0.717) is 28.6 Å². The Morgan fingerprint density at radius 2 is 1.75 bits per heavy atom. The molecule has 0 radical (unpaired) electrons. The second kappa shape index (κ2) is 8.82. The average Bonchev–Trinajstić information content (AvgIpc) is 2.40. The minimum Gasteiger partial charge on any atom is -0.466 e. The van der Waals surface area contributed by atoms with Crippen LogP contribution in [0.5, 0.6) is 0 Å². The Morgan fingerprint density at radius 1 is 1.10 bits per heavy atom. The minimum atomic E-state index is -0.384. The Kier molecular flexibility index (Phi) is 7.41. The van der Waals surface area contributed by atoms with E-state index in [9.17, 15) is 9.59 Å². The molecule has 0 aromatic heterocycles. The fraction of sp³-hybridized carbons (Fsp3) is 0.429. The normalized spacial score (nSPS) is 10.2. The first-order valence-corrected chi connectivity index (χ1v) is 7.03. The summed E-state index contributed by atoms with van der Waals surface area (Å²) in [6, 6.07) is 4.96. The zero-order valence-corrected chi connectivity index (χ0v) is 12.7. The number of benzene rings is 1. The van der Waals surface area contributed by atoms with E-state index < -0.39 is 0 Å². The first kappa shape index (κ1) is 16.8. The Bertz CT molecular complexity index is 474. The summed E-state index contributed by atoms with van der Waals surface area (Å²) in [5, 5.41) is 1.02. The maximum atomic E-state index is 11.5. The van der Waals surface area contributed by atoms with Crippen LogP contribution >= 0.6 is 23.2 Å². The Balaban J connectivity index is 2.29. The largest absolute Gasteiger partial charge is 0.466 e. The van der Waals surface area contributed by atoms with E-state index in [1.54, 1.807) is 25.1 Å². The van der Waals surface area contributed by atoms with Crippen molar-refractivity contribution >= 4 is 35.1 Å². The molecular weight excluding hydrogens is 303 g/mol. The van der Waals surface area contributed by atoms with Crippen molar-refractivity contribution < 1.29 is 19.1 Å². The molecule has 0 heterocycles. The molecule has 1 aromatic carbocycles. The van der Waals surface area contributed by atoms with Crippen molar-refractivity contribution in [3.05, 3.63) is 33.8 Å². The third kappa shape index (κ3) is 6.26. The van der Waals surface area contributed by atoms with E-state index in [-0.39, 0.29) is 31.4 Å². The first-order valence-electron chi connectivity index (χ1n) is 6.28. The van der Waals surface area contributed by atoms with E-state index in [0.717, 1.165) is 0 Å². The van der Waals surface area contributed by atoms with Gasteiger partial charge in [0.15, 0.2) is 0 Å². The summed E-state index contributed by atoms with van der Waals surface area (Å²) in [7, 11) is 0. The highest BCUT2D eigenvalue weighted by Crippen LogP contribution is 2.21. The fourth-order valence-electron chi connectivity index (χ4n) is 1.49. The smallest absolute Gasteiger partial charge is 0.306 e. The van der Waals surface area contributed by atoms with Crippen LogP contribution in [0.25, 0.3) is 0 Å². The molecule has 4 nitrogen and oxygen atoms in total. The zero-order valence-electron chi connectivity index (χ0n) is 11.2. The van der Waals surface area contributed by atoms with Gasteiger partial charge in [-0.3, -0.25) is 9.59 Å². The molecule has 0 spiro atoms. The van der Waals surface area contributed by atoms with Gasteiger partial charge in [0.1, 0.15) is 6.61 Å². The van der Waals surface area contributed by atoms with E-state index in [1.807, 2.05) is 0 Å². The molecule has 110 valence electrons. The van der Waals surface area contributed by atoms with Gasteiger partial charge in [-0.25, -0.2) is 0 Å². The minimum absolute atomic E-state index is 0.0671. The maximum Gasteiger partial charge on any atom is 0.306 e. The van der Waals surface area contributed by atoms with Gasteiger partial charge >= 0.3 is 11.9 Å². The molecule has 20 heavy (non-hydrogen) atoms. The van der Waals surface area contributed by atoms with Crippen LogP contribution in [0.1, 0.15) is 31.7 Å². The van der Waals surface area contributed by atoms with Crippen molar-refractivity contribution in [3.8, 4) is 0 Å². The Labute approximate surface area is 128 Å². The second-order valence-corrected chi connectivity index (χ2v) is 4.90. The molecule has 1 aromatic rings. The van der Waals surface area contributed by atoms with Crippen LogP contribution in [0.15, 0.2) is 18.2 Å². The molecule has 0 aliphatic carbocycles. The highest BCUT2D eigenvalue weighted by atomic mass is 35.5. The van der Waals surface area contributed by atoms with Crippen molar-refractivity contribution in [1.29, 1.82) is 0 Å². The van der Waals surface area contributed by atoms with Gasteiger partial charge in [0.05, 0.1) is 6.61 Å². The quantitative estimate of drug-likeness (QED) is 0.718. The average molecular weight is 319 g/mol. The van der Waals surface area contributed by atoms with Crippen molar-refractivity contribution in [2.45, 2.75) is 32.8 Å². The predicted molar refractivity (Wildman–Crippen MR) is 76.7 cm³/mol. The monoisotopic (exact) mass is 318 g/mol.